The number of piperidine rings is 1. The molecule has 0 N–H and O–H groups in total. The highest BCUT2D eigenvalue weighted by Gasteiger charge is 2.24. The first-order chi connectivity index (χ1) is 7.16. The molecule has 1 unspecified atom stereocenters. The third-order valence-electron chi connectivity index (χ3n) is 2.65. The van der Waals surface area contributed by atoms with Crippen LogP contribution in [0.5, 0.6) is 0 Å². The van der Waals surface area contributed by atoms with Gasteiger partial charge >= 0.3 is 0 Å². The highest BCUT2D eigenvalue weighted by atomic mass is 32.1. The molecular weight excluding hydrogens is 210 g/mol. The van der Waals surface area contributed by atoms with E-state index in [1.54, 1.807) is 0 Å². The summed E-state index contributed by atoms with van der Waals surface area (Å²) in [5.41, 5.74) is 0. The molecule has 0 saturated carbocycles. The van der Waals surface area contributed by atoms with Crippen LogP contribution in [0.3, 0.4) is 0 Å². The summed E-state index contributed by atoms with van der Waals surface area (Å²) in [5.74, 6) is 1.34. The second-order valence-electron chi connectivity index (χ2n) is 4.15. The summed E-state index contributed by atoms with van der Waals surface area (Å²) in [5, 5.41) is 0.529. The monoisotopic (exact) mass is 225 g/mol. The standard InChI is InChI=1S/C10H15N3OS/c1-7-4-3-5-13(6-7)10(14)9-11-8(2)12-15-9/h7H,3-6H2,1-2H3. The number of likely N-dealkylation sites (tertiary alicyclic amines) is 1. The normalized spacial score (nSPS) is 21.7. The molecule has 1 aliphatic heterocycles. The lowest BCUT2D eigenvalue weighted by atomic mass is 10.0. The van der Waals surface area contributed by atoms with Crippen LogP contribution in [0, 0.1) is 12.8 Å². The molecular formula is C10H15N3OS. The van der Waals surface area contributed by atoms with Gasteiger partial charge in [-0.3, -0.25) is 4.79 Å². The Bertz CT molecular complexity index is 363. The predicted octanol–water partition coefficient (Wildman–Crippen LogP) is 1.72. The smallest absolute Gasteiger partial charge is 0.284 e. The van der Waals surface area contributed by atoms with Crippen molar-refractivity contribution in [2.45, 2.75) is 26.7 Å². The zero-order valence-corrected chi connectivity index (χ0v) is 9.88. The van der Waals surface area contributed by atoms with E-state index in [-0.39, 0.29) is 5.91 Å². The van der Waals surface area contributed by atoms with E-state index in [0.717, 1.165) is 19.5 Å². The number of carbonyl (C=O) groups is 1. The summed E-state index contributed by atoms with van der Waals surface area (Å²) < 4.78 is 4.03. The molecule has 4 nitrogen and oxygen atoms in total. The first-order valence-electron chi connectivity index (χ1n) is 5.26. The van der Waals surface area contributed by atoms with Gasteiger partial charge in [0.15, 0.2) is 0 Å². The number of aromatic nitrogens is 2. The molecule has 0 radical (unpaired) electrons. The Labute approximate surface area is 93.5 Å². The van der Waals surface area contributed by atoms with Gasteiger partial charge in [-0.05, 0) is 37.2 Å². The number of nitrogens with zero attached hydrogens (tertiary/aromatic N) is 3. The molecule has 1 fully saturated rings. The Morgan fingerprint density at radius 3 is 3.00 bits per heavy atom. The minimum atomic E-state index is 0.0483. The summed E-state index contributed by atoms with van der Waals surface area (Å²) in [4.78, 5) is 18.0. The van der Waals surface area contributed by atoms with E-state index in [2.05, 4.69) is 16.3 Å². The van der Waals surface area contributed by atoms with Crippen LogP contribution < -0.4 is 0 Å². The lowest BCUT2D eigenvalue weighted by Crippen LogP contribution is -2.39. The fourth-order valence-electron chi connectivity index (χ4n) is 1.89. The lowest BCUT2D eigenvalue weighted by Gasteiger charge is -2.30. The third-order valence-corrected chi connectivity index (χ3v) is 3.45. The van der Waals surface area contributed by atoms with E-state index in [1.807, 2.05) is 11.8 Å². The predicted molar refractivity (Wildman–Crippen MR) is 58.9 cm³/mol. The van der Waals surface area contributed by atoms with Gasteiger partial charge in [0, 0.05) is 13.1 Å². The summed E-state index contributed by atoms with van der Waals surface area (Å²) in [6, 6.07) is 0. The van der Waals surface area contributed by atoms with E-state index < -0.39 is 0 Å². The second kappa shape index (κ2) is 4.26. The van der Waals surface area contributed by atoms with Gasteiger partial charge in [0.05, 0.1) is 0 Å². The number of hydrogen-bond donors (Lipinski definition) is 0. The van der Waals surface area contributed by atoms with Gasteiger partial charge in [-0.25, -0.2) is 4.98 Å². The van der Waals surface area contributed by atoms with Gasteiger partial charge < -0.3 is 4.90 Å². The SMILES string of the molecule is Cc1nsc(C(=O)N2CCCC(C)C2)n1. The van der Waals surface area contributed by atoms with Gasteiger partial charge in [-0.1, -0.05) is 6.92 Å². The molecule has 1 aromatic heterocycles. The minimum Gasteiger partial charge on any atom is -0.336 e. The molecule has 0 bridgehead atoms. The first kappa shape index (κ1) is 10.5. The van der Waals surface area contributed by atoms with E-state index in [1.165, 1.54) is 18.0 Å². The number of rotatable bonds is 1. The average Bonchev–Trinajstić information content (AvgIpc) is 2.64. The largest absolute Gasteiger partial charge is 0.336 e. The van der Waals surface area contributed by atoms with Crippen LogP contribution in [0.4, 0.5) is 0 Å². The van der Waals surface area contributed by atoms with Crippen molar-refractivity contribution < 1.29 is 4.79 Å². The van der Waals surface area contributed by atoms with E-state index >= 15 is 0 Å². The van der Waals surface area contributed by atoms with Crippen molar-refractivity contribution in [2.24, 2.45) is 5.92 Å². The van der Waals surface area contributed by atoms with Gasteiger partial charge in [-0.2, -0.15) is 4.37 Å². The molecule has 2 rings (SSSR count). The Kier molecular flexibility index (Phi) is 3.00. The topological polar surface area (TPSA) is 46.1 Å². The van der Waals surface area contributed by atoms with Crippen molar-refractivity contribution in [3.8, 4) is 0 Å². The minimum absolute atomic E-state index is 0.0483. The maximum Gasteiger partial charge on any atom is 0.284 e. The molecule has 1 saturated heterocycles. The molecule has 82 valence electrons. The highest BCUT2D eigenvalue weighted by Crippen LogP contribution is 2.18. The van der Waals surface area contributed by atoms with Crippen molar-refractivity contribution >= 4 is 17.4 Å². The summed E-state index contributed by atoms with van der Waals surface area (Å²) in [6.45, 7) is 5.72. The fraction of sp³-hybridized carbons (Fsp3) is 0.700. The molecule has 5 heteroatoms. The van der Waals surface area contributed by atoms with Crippen LogP contribution >= 0.6 is 11.5 Å². The number of hydrogen-bond acceptors (Lipinski definition) is 4. The van der Waals surface area contributed by atoms with Crippen LogP contribution in [0.25, 0.3) is 0 Å². The molecule has 1 aromatic rings. The second-order valence-corrected chi connectivity index (χ2v) is 4.90. The molecule has 0 aromatic carbocycles. The van der Waals surface area contributed by atoms with Crippen LogP contribution in [0.1, 0.15) is 35.4 Å². The third kappa shape index (κ3) is 2.34. The molecule has 15 heavy (non-hydrogen) atoms. The number of amides is 1. The van der Waals surface area contributed by atoms with E-state index in [0.29, 0.717) is 16.7 Å². The van der Waals surface area contributed by atoms with E-state index in [9.17, 15) is 4.79 Å². The molecule has 0 spiro atoms. The zero-order chi connectivity index (χ0) is 10.8. The van der Waals surface area contributed by atoms with Gasteiger partial charge in [-0.15, -0.1) is 0 Å². The fourth-order valence-corrected chi connectivity index (χ4v) is 2.53. The Morgan fingerprint density at radius 1 is 1.60 bits per heavy atom. The zero-order valence-electron chi connectivity index (χ0n) is 9.06. The molecule has 0 aliphatic carbocycles. The quantitative estimate of drug-likeness (QED) is 0.731. The summed E-state index contributed by atoms with van der Waals surface area (Å²) in [6.07, 6.45) is 2.32. The van der Waals surface area contributed by atoms with Crippen molar-refractivity contribution in [2.75, 3.05) is 13.1 Å². The van der Waals surface area contributed by atoms with Crippen molar-refractivity contribution in [1.29, 1.82) is 0 Å². The molecule has 2 heterocycles. The Hall–Kier alpha value is -0.970. The average molecular weight is 225 g/mol. The maximum atomic E-state index is 12.0. The highest BCUT2D eigenvalue weighted by molar-refractivity contribution is 7.07. The van der Waals surface area contributed by atoms with E-state index in [4.69, 9.17) is 0 Å². The first-order valence-corrected chi connectivity index (χ1v) is 6.03. The maximum absolute atomic E-state index is 12.0. The lowest BCUT2D eigenvalue weighted by molar-refractivity contribution is 0.0682. The number of aryl methyl sites for hydroxylation is 1. The van der Waals surface area contributed by atoms with Crippen LogP contribution in [0.2, 0.25) is 0 Å². The summed E-state index contributed by atoms with van der Waals surface area (Å²) in [7, 11) is 0. The van der Waals surface area contributed by atoms with Gasteiger partial charge in [0.25, 0.3) is 5.91 Å². The van der Waals surface area contributed by atoms with Gasteiger partial charge in [0.2, 0.25) is 5.01 Å². The molecule has 1 amide bonds. The number of carbonyl (C=O) groups excluding carboxylic acids is 1. The molecule has 1 atom stereocenters. The van der Waals surface area contributed by atoms with Crippen molar-refractivity contribution in [3.63, 3.8) is 0 Å². The molecule has 1 aliphatic rings. The Morgan fingerprint density at radius 2 is 2.40 bits per heavy atom. The van der Waals surface area contributed by atoms with Crippen molar-refractivity contribution in [3.05, 3.63) is 10.8 Å². The van der Waals surface area contributed by atoms with Crippen LogP contribution in [-0.2, 0) is 0 Å². The Balaban J connectivity index is 2.07. The van der Waals surface area contributed by atoms with Crippen molar-refractivity contribution in [1.82, 2.24) is 14.3 Å². The summed E-state index contributed by atoms with van der Waals surface area (Å²) >= 11 is 1.20. The van der Waals surface area contributed by atoms with Crippen LogP contribution in [0.15, 0.2) is 0 Å². The van der Waals surface area contributed by atoms with Gasteiger partial charge in [0.1, 0.15) is 5.82 Å². The van der Waals surface area contributed by atoms with Crippen LogP contribution in [-0.4, -0.2) is 33.3 Å².